The maximum absolute atomic E-state index is 14.7. The van der Waals surface area contributed by atoms with Crippen molar-refractivity contribution < 1.29 is 232 Å². The van der Waals surface area contributed by atoms with Crippen LogP contribution < -0.4 is 21.3 Å². The summed E-state index contributed by atoms with van der Waals surface area (Å²) in [5, 5.41) is 296. The highest BCUT2D eigenvalue weighted by molar-refractivity contribution is 5.79. The Kier molecular flexibility index (Phi) is 55.2. The Labute approximate surface area is 853 Å². The monoisotopic (exact) mass is 2130 g/mol. The van der Waals surface area contributed by atoms with Crippen LogP contribution >= 0.6 is 0 Å². The molecule has 0 aromatic carbocycles. The van der Waals surface area contributed by atoms with Gasteiger partial charge in [-0.15, -0.1) is 0 Å². The fourth-order valence-corrected chi connectivity index (χ4v) is 19.7. The predicted molar refractivity (Wildman–Crippen MR) is 502 cm³/mol. The number of Topliss-reactive ketones (excluding diaryl/α,β-unsaturated/α-hetero) is 1. The Morgan fingerprint density at radius 1 is 0.381 bits per heavy atom. The number of carbonyl (C=O) groups is 8. The van der Waals surface area contributed by atoms with E-state index in [4.69, 9.17) is 66.3 Å². The highest BCUT2D eigenvalue weighted by Crippen LogP contribution is 2.46. The summed E-state index contributed by atoms with van der Waals surface area (Å²) in [7, 11) is 0. The number of ether oxygens (including phenoxy) is 14. The van der Waals surface area contributed by atoms with Gasteiger partial charge in [0.15, 0.2) is 25.2 Å². The molecule has 147 heavy (non-hydrogen) atoms. The molecule has 0 saturated carbocycles. The Bertz CT molecular complexity index is 3910. The number of nitrogens with one attached hydrogen (secondary N) is 4. The van der Waals surface area contributed by atoms with Gasteiger partial charge in [0, 0.05) is 58.8 Å². The lowest BCUT2D eigenvalue weighted by Crippen LogP contribution is -2.72. The van der Waals surface area contributed by atoms with Crippen LogP contribution in [-0.4, -0.2) is 465 Å². The molecule has 0 aromatic rings. The molecule has 7 aliphatic rings. The Morgan fingerprint density at radius 2 is 0.748 bits per heavy atom. The fraction of sp³-hybridized carbons (Fsp3) is 0.896. The first kappa shape index (κ1) is 128. The lowest BCUT2D eigenvalue weighted by Gasteiger charge is -2.53. The van der Waals surface area contributed by atoms with Gasteiger partial charge in [-0.25, -0.2) is 14.4 Å². The zero-order chi connectivity index (χ0) is 109. The third-order valence-electron chi connectivity index (χ3n) is 27.9. The number of amides is 4. The van der Waals surface area contributed by atoms with Crippen molar-refractivity contribution in [3.8, 4) is 0 Å². The summed E-state index contributed by atoms with van der Waals surface area (Å²) >= 11 is 0. The van der Waals surface area contributed by atoms with Crippen LogP contribution in [0.25, 0.3) is 0 Å². The molecular formula is C96H166N4O47. The van der Waals surface area contributed by atoms with Gasteiger partial charge in [0.05, 0.1) is 108 Å². The van der Waals surface area contributed by atoms with Crippen molar-refractivity contribution in [1.29, 1.82) is 0 Å². The largest absolute Gasteiger partial charge is 0.477 e. The van der Waals surface area contributed by atoms with Gasteiger partial charge in [-0.2, -0.15) is 0 Å². The van der Waals surface area contributed by atoms with Crippen LogP contribution in [0.4, 0.5) is 0 Å². The van der Waals surface area contributed by atoms with E-state index in [1.165, 1.54) is 64.2 Å². The maximum Gasteiger partial charge on any atom is 0.364 e. The van der Waals surface area contributed by atoms with Crippen molar-refractivity contribution in [2.45, 2.75) is 485 Å². The third kappa shape index (κ3) is 36.2. The second-order valence-electron chi connectivity index (χ2n) is 39.5. The first-order valence-corrected chi connectivity index (χ1v) is 51.6. The number of allylic oxidation sites excluding steroid dienone is 2. The SMILES string of the molecule is CCCCCCC=CCCCCCCCCCC(=O)N[C@@H](CO[C@@H]1O[C@H](CO)[C@@H](O[C@@H]2O[C@H](CO)[C@H](O[C@@H]3O[C@H](CO)[C@H](O)[C@H](O[C@@H]4O[C@H](CO)[C@H](O)[C@H](O[C@]5(C(=O)O)C[C@H](O)[C@@H](NC(C)=O)C([C@H](O)[C@H](O)CO)O5)[C@H]4O)[C@H]3CC(C)=O)[C@H](O[C@]3(C(=O)O)C[C@H](O)[C@@H](NC(C)=O)C([C@H](O)[C@@H](CO)O[C@]4(C(=O)O)C[C@H](O)[C@@H](NC(C)=O)C([C@H](O)[C@H](O)CO)O4)O3)[C@H]2O)[C@H](O)[C@H]1O)[C@H](O)CCCCCCCCCCCCCCC. The van der Waals surface area contributed by atoms with Gasteiger partial charge in [-0.05, 0) is 45.4 Å². The van der Waals surface area contributed by atoms with Crippen molar-refractivity contribution in [2.75, 3.05) is 52.9 Å². The zero-order valence-corrected chi connectivity index (χ0v) is 84.5. The number of carboxylic acid groups (broad SMARTS) is 3. The summed E-state index contributed by atoms with van der Waals surface area (Å²) in [6.45, 7) is -2.02. The number of ketones is 1. The number of carboxylic acids is 3. The van der Waals surface area contributed by atoms with Crippen LogP contribution in [0.3, 0.4) is 0 Å². The standard InChI is InChI=1S/C96H166N4O47/c1-7-9-11-13-15-17-19-21-22-24-26-28-30-32-34-36-66(118)100-54(55(112)35-33-31-29-27-25-23-20-18-16-14-12-10-8-2)48-134-88-76(125)75(124)80(64(46-106)137-88)140-90-78(127)86(147-96(93(132)133)40-58(115)69(99-52(6)111)84(145-96)74(123)63(45-105)142-94(91(128)129)38-56(113)67(97-50(4)109)82(143-94)70(119)59(116)41-101)81(65(47-107)138-90)141-87-53(37-49(3)108)79(72(121)61(43-103)135-87)139-89-77(126)85(73(122)62(44-104)136-89)146-95(92(130)131)39-57(114)68(98-51(5)110)83(144-95)71(120)60(117)42-102/h17,19,53-65,67-90,101-107,112-117,119-127H,7-16,18,20-48H2,1-6H3,(H,97,109)(H,98,110)(H,99,111)(H,100,118)(H,128,129)(H,130,131)(H,132,133)/t53-,54+,55-,56+,57+,58+,59-,60-,61-,62-,63-,64-,65-,67-,68-,69-,70-,71-,72+,73+,74-,75-,76-,77-,78-,79-,80-,81+,82?,83?,84?,85+,86-,87+,88-,89+,90+,94-,95+,96+/m1/s1. The van der Waals surface area contributed by atoms with Gasteiger partial charge >= 0.3 is 17.9 Å². The van der Waals surface area contributed by atoms with E-state index in [-0.39, 0.29) is 12.8 Å². The molecule has 7 aliphatic heterocycles. The summed E-state index contributed by atoms with van der Waals surface area (Å²) in [5.74, 6) is -23.8. The number of unbranched alkanes of at least 4 members (excludes halogenated alkanes) is 23. The second kappa shape index (κ2) is 63.3. The molecule has 51 heteroatoms. The first-order chi connectivity index (χ1) is 69.9. The average molecular weight is 2130 g/mol. The molecule has 0 radical (unpaired) electrons. The summed E-state index contributed by atoms with van der Waals surface area (Å²) in [4.78, 5) is 108. The first-order valence-electron chi connectivity index (χ1n) is 51.6. The number of aliphatic carboxylic acids is 3. The van der Waals surface area contributed by atoms with Crippen LogP contribution in [-0.2, 0) is 105 Å². The molecule has 51 nitrogen and oxygen atoms in total. The van der Waals surface area contributed by atoms with Gasteiger partial charge in [0.2, 0.25) is 23.6 Å². The van der Waals surface area contributed by atoms with Gasteiger partial charge in [0.25, 0.3) is 17.4 Å². The summed E-state index contributed by atoms with van der Waals surface area (Å²) in [6.07, 6.45) is -48.8. The number of rotatable bonds is 67. The molecule has 7 saturated heterocycles. The van der Waals surface area contributed by atoms with Crippen LogP contribution in [0, 0.1) is 5.92 Å². The van der Waals surface area contributed by atoms with Crippen LogP contribution in [0.5, 0.6) is 0 Å². The molecule has 40 atom stereocenters. The molecule has 3 unspecified atom stereocenters. The lowest BCUT2D eigenvalue weighted by molar-refractivity contribution is -0.409. The smallest absolute Gasteiger partial charge is 0.364 e. The average Bonchev–Trinajstić information content (AvgIpc) is 0.736. The highest BCUT2D eigenvalue weighted by Gasteiger charge is 2.66. The van der Waals surface area contributed by atoms with Crippen molar-refractivity contribution in [3.63, 3.8) is 0 Å². The van der Waals surface area contributed by atoms with Crippen LogP contribution in [0.2, 0.25) is 0 Å². The summed E-state index contributed by atoms with van der Waals surface area (Å²) in [5.41, 5.74) is 0. The van der Waals surface area contributed by atoms with Crippen molar-refractivity contribution >= 4 is 47.3 Å². The van der Waals surface area contributed by atoms with Gasteiger partial charge in [-0.1, -0.05) is 161 Å². The van der Waals surface area contributed by atoms with E-state index in [1.54, 1.807) is 0 Å². The molecule has 29 N–H and O–H groups in total. The van der Waals surface area contributed by atoms with Crippen LogP contribution in [0.15, 0.2) is 12.2 Å². The van der Waals surface area contributed by atoms with E-state index in [0.717, 1.165) is 118 Å². The van der Waals surface area contributed by atoms with E-state index in [9.17, 15) is 166 Å². The van der Waals surface area contributed by atoms with E-state index in [1.807, 2.05) is 0 Å². The van der Waals surface area contributed by atoms with Crippen LogP contribution in [0.1, 0.15) is 247 Å². The molecule has 7 heterocycles. The quantitative estimate of drug-likeness (QED) is 0.0199. The van der Waals surface area contributed by atoms with Crippen molar-refractivity contribution in [3.05, 3.63) is 12.2 Å². The minimum absolute atomic E-state index is 0.0639. The summed E-state index contributed by atoms with van der Waals surface area (Å²) in [6, 6.07) is -6.99. The number of hydrogen-bond donors (Lipinski definition) is 29. The molecule has 0 aromatic heterocycles. The predicted octanol–water partition coefficient (Wildman–Crippen LogP) is -5.60. The normalized spacial score (nSPS) is 35.5. The van der Waals surface area contributed by atoms with Gasteiger partial charge in [-0.3, -0.25) is 19.2 Å². The molecule has 852 valence electrons. The molecule has 0 aliphatic carbocycles. The molecule has 7 fully saturated rings. The summed E-state index contributed by atoms with van der Waals surface area (Å²) < 4.78 is 85.0. The maximum atomic E-state index is 14.7. The Hall–Kier alpha value is -5.74. The lowest BCUT2D eigenvalue weighted by atomic mass is 9.86. The minimum atomic E-state index is -3.79. The van der Waals surface area contributed by atoms with E-state index in [2.05, 4.69) is 47.3 Å². The van der Waals surface area contributed by atoms with E-state index < -0.39 is 369 Å². The highest BCUT2D eigenvalue weighted by atomic mass is 16.8. The molecule has 0 bridgehead atoms. The fourth-order valence-electron chi connectivity index (χ4n) is 19.7. The van der Waals surface area contributed by atoms with E-state index in [0.29, 0.717) is 12.8 Å². The number of aliphatic hydroxyl groups excluding tert-OH is 22. The topological polar surface area (TPSA) is 820 Å². The number of aliphatic hydroxyl groups is 22. The van der Waals surface area contributed by atoms with E-state index >= 15 is 0 Å². The molecular weight excluding hydrogens is 1960 g/mol. The molecule has 4 amide bonds. The second-order valence-corrected chi connectivity index (χ2v) is 39.5. The molecule has 0 spiro atoms. The van der Waals surface area contributed by atoms with Gasteiger partial charge in [0.1, 0.15) is 146 Å². The number of carbonyl (C=O) groups excluding carboxylic acids is 5. The van der Waals surface area contributed by atoms with Crippen molar-refractivity contribution in [1.82, 2.24) is 21.3 Å². The van der Waals surface area contributed by atoms with Gasteiger partial charge < -0.3 is 220 Å². The minimum Gasteiger partial charge on any atom is -0.477 e. The Balaban J connectivity index is 1.26. The number of hydrogen-bond acceptors (Lipinski definition) is 44. The Morgan fingerprint density at radius 3 is 1.18 bits per heavy atom. The third-order valence-corrected chi connectivity index (χ3v) is 27.9. The zero-order valence-electron chi connectivity index (χ0n) is 84.5. The molecule has 7 rings (SSSR count). The van der Waals surface area contributed by atoms with Crippen molar-refractivity contribution in [2.24, 2.45) is 5.92 Å².